The lowest BCUT2D eigenvalue weighted by molar-refractivity contribution is -0.0895. The van der Waals surface area contributed by atoms with Gasteiger partial charge in [0.1, 0.15) is 0 Å². The molecule has 1 saturated heterocycles. The topological polar surface area (TPSA) is 43.8 Å². The van der Waals surface area contributed by atoms with Gasteiger partial charge in [0.25, 0.3) is 0 Å². The van der Waals surface area contributed by atoms with E-state index in [0.29, 0.717) is 0 Å². The third-order valence-corrected chi connectivity index (χ3v) is 5.53. The van der Waals surface area contributed by atoms with Crippen LogP contribution in [0.1, 0.15) is 29.0 Å². The fourth-order valence-electron chi connectivity index (χ4n) is 3.98. The SMILES string of the molecule is c1ccc([C@@H]2CN(CCc3ccccn3)C[C@H](c3ccc4c(c3)OCO4)O2)cc1. The predicted molar refractivity (Wildman–Crippen MR) is 110 cm³/mol. The molecule has 0 saturated carbocycles. The molecule has 148 valence electrons. The lowest BCUT2D eigenvalue weighted by Crippen LogP contribution is -2.41. The van der Waals surface area contributed by atoms with Gasteiger partial charge in [0, 0.05) is 37.9 Å². The summed E-state index contributed by atoms with van der Waals surface area (Å²) in [4.78, 5) is 6.95. The summed E-state index contributed by atoms with van der Waals surface area (Å²) in [5, 5.41) is 0. The number of ether oxygens (including phenoxy) is 3. The van der Waals surface area contributed by atoms with Crippen molar-refractivity contribution in [2.75, 3.05) is 26.4 Å². The average Bonchev–Trinajstić information content (AvgIpc) is 3.27. The average molecular weight is 388 g/mol. The van der Waals surface area contributed by atoms with E-state index in [1.807, 2.05) is 30.5 Å². The molecule has 0 radical (unpaired) electrons. The highest BCUT2D eigenvalue weighted by Gasteiger charge is 2.30. The largest absolute Gasteiger partial charge is 0.454 e. The lowest BCUT2D eigenvalue weighted by atomic mass is 10.0. The maximum atomic E-state index is 6.55. The molecular formula is C24H24N2O3. The zero-order valence-electron chi connectivity index (χ0n) is 16.2. The Bertz CT molecular complexity index is 949. The number of rotatable bonds is 5. The standard InChI is InChI=1S/C24H24N2O3/c1-2-6-18(7-3-1)23-15-26(13-11-20-8-4-5-12-25-20)16-24(29-23)19-9-10-21-22(14-19)28-17-27-21/h1-10,12,14,23-24H,11,13,15-17H2/t23-,24+/m0/s1. The van der Waals surface area contributed by atoms with Gasteiger partial charge in [-0.1, -0.05) is 42.5 Å². The van der Waals surface area contributed by atoms with Gasteiger partial charge in [-0.25, -0.2) is 0 Å². The second kappa shape index (κ2) is 8.23. The third kappa shape index (κ3) is 4.11. The van der Waals surface area contributed by atoms with Crippen molar-refractivity contribution in [3.8, 4) is 11.5 Å². The second-order valence-electron chi connectivity index (χ2n) is 7.47. The molecular weight excluding hydrogens is 364 g/mol. The monoisotopic (exact) mass is 388 g/mol. The zero-order valence-corrected chi connectivity index (χ0v) is 16.2. The van der Waals surface area contributed by atoms with Crippen LogP contribution in [-0.2, 0) is 11.2 Å². The summed E-state index contributed by atoms with van der Waals surface area (Å²) in [7, 11) is 0. The molecule has 3 heterocycles. The van der Waals surface area contributed by atoms with E-state index in [-0.39, 0.29) is 19.0 Å². The third-order valence-electron chi connectivity index (χ3n) is 5.53. The van der Waals surface area contributed by atoms with Gasteiger partial charge in [-0.3, -0.25) is 9.88 Å². The molecule has 2 atom stereocenters. The van der Waals surface area contributed by atoms with Crippen molar-refractivity contribution in [1.29, 1.82) is 0 Å². The molecule has 0 N–H and O–H groups in total. The van der Waals surface area contributed by atoms with Crippen molar-refractivity contribution < 1.29 is 14.2 Å². The van der Waals surface area contributed by atoms with E-state index in [2.05, 4.69) is 52.3 Å². The minimum Gasteiger partial charge on any atom is -0.454 e. The smallest absolute Gasteiger partial charge is 0.231 e. The maximum Gasteiger partial charge on any atom is 0.231 e. The van der Waals surface area contributed by atoms with Crippen molar-refractivity contribution in [1.82, 2.24) is 9.88 Å². The number of benzene rings is 2. The van der Waals surface area contributed by atoms with Crippen molar-refractivity contribution in [3.05, 3.63) is 89.7 Å². The van der Waals surface area contributed by atoms with Crippen LogP contribution in [0.15, 0.2) is 72.9 Å². The summed E-state index contributed by atoms with van der Waals surface area (Å²) < 4.78 is 17.6. The molecule has 0 amide bonds. The molecule has 1 fully saturated rings. The van der Waals surface area contributed by atoms with Crippen LogP contribution >= 0.6 is 0 Å². The minimum absolute atomic E-state index is 0.0211. The summed E-state index contributed by atoms with van der Waals surface area (Å²) in [5.74, 6) is 1.60. The van der Waals surface area contributed by atoms with Gasteiger partial charge in [-0.05, 0) is 35.4 Å². The van der Waals surface area contributed by atoms with Gasteiger partial charge in [0.15, 0.2) is 11.5 Å². The first-order valence-corrected chi connectivity index (χ1v) is 10.1. The summed E-state index contributed by atoms with van der Waals surface area (Å²) in [6.07, 6.45) is 2.80. The van der Waals surface area contributed by atoms with Gasteiger partial charge in [0.2, 0.25) is 6.79 Å². The molecule has 1 aromatic heterocycles. The molecule has 2 aliphatic heterocycles. The highest BCUT2D eigenvalue weighted by Crippen LogP contribution is 2.38. The first-order valence-electron chi connectivity index (χ1n) is 10.1. The van der Waals surface area contributed by atoms with Crippen LogP contribution in [0.4, 0.5) is 0 Å². The zero-order chi connectivity index (χ0) is 19.5. The highest BCUT2D eigenvalue weighted by molar-refractivity contribution is 5.45. The molecule has 5 nitrogen and oxygen atoms in total. The molecule has 5 heteroatoms. The molecule has 0 spiro atoms. The van der Waals surface area contributed by atoms with Crippen molar-refractivity contribution in [2.24, 2.45) is 0 Å². The lowest BCUT2D eigenvalue weighted by Gasteiger charge is -2.38. The normalized spacial score (nSPS) is 21.2. The number of hydrogen-bond acceptors (Lipinski definition) is 5. The van der Waals surface area contributed by atoms with Gasteiger partial charge >= 0.3 is 0 Å². The van der Waals surface area contributed by atoms with Crippen molar-refractivity contribution in [3.63, 3.8) is 0 Å². The molecule has 29 heavy (non-hydrogen) atoms. The van der Waals surface area contributed by atoms with Gasteiger partial charge in [0.05, 0.1) is 12.2 Å². The first kappa shape index (κ1) is 18.2. The van der Waals surface area contributed by atoms with E-state index in [1.165, 1.54) is 5.56 Å². The predicted octanol–water partition coefficient (Wildman–Crippen LogP) is 4.17. The Kier molecular flexibility index (Phi) is 5.15. The van der Waals surface area contributed by atoms with Crippen molar-refractivity contribution >= 4 is 0 Å². The molecule has 3 aromatic rings. The molecule has 0 bridgehead atoms. The number of aromatic nitrogens is 1. The van der Waals surface area contributed by atoms with E-state index in [4.69, 9.17) is 14.2 Å². The summed E-state index contributed by atoms with van der Waals surface area (Å²) in [6, 6.07) is 22.7. The first-order chi connectivity index (χ1) is 14.3. The van der Waals surface area contributed by atoms with Crippen LogP contribution in [0.5, 0.6) is 11.5 Å². The van der Waals surface area contributed by atoms with Gasteiger partial charge in [-0.15, -0.1) is 0 Å². The molecule has 0 unspecified atom stereocenters. The summed E-state index contributed by atoms with van der Waals surface area (Å²) in [6.45, 7) is 2.95. The number of pyridine rings is 1. The van der Waals surface area contributed by atoms with Gasteiger partial charge in [-0.2, -0.15) is 0 Å². The van der Waals surface area contributed by atoms with E-state index in [0.717, 1.165) is 48.8 Å². The number of fused-ring (bicyclic) bond motifs is 1. The Balaban J connectivity index is 1.37. The van der Waals surface area contributed by atoms with E-state index in [9.17, 15) is 0 Å². The van der Waals surface area contributed by atoms with Gasteiger partial charge < -0.3 is 14.2 Å². The van der Waals surface area contributed by atoms with E-state index in [1.54, 1.807) is 0 Å². The fraction of sp³-hybridized carbons (Fsp3) is 0.292. The number of morpholine rings is 1. The Labute approximate surface area is 170 Å². The summed E-state index contributed by atoms with van der Waals surface area (Å²) in [5.41, 5.74) is 3.45. The van der Waals surface area contributed by atoms with E-state index >= 15 is 0 Å². The van der Waals surface area contributed by atoms with Crippen LogP contribution in [0.25, 0.3) is 0 Å². The quantitative estimate of drug-likeness (QED) is 0.656. The van der Waals surface area contributed by atoms with Crippen LogP contribution in [0.2, 0.25) is 0 Å². The van der Waals surface area contributed by atoms with Crippen LogP contribution in [0, 0.1) is 0 Å². The van der Waals surface area contributed by atoms with Crippen LogP contribution in [-0.4, -0.2) is 36.3 Å². The second-order valence-corrected chi connectivity index (χ2v) is 7.47. The molecule has 2 aromatic carbocycles. The Morgan fingerprint density at radius 3 is 2.45 bits per heavy atom. The number of nitrogens with zero attached hydrogens (tertiary/aromatic N) is 2. The highest BCUT2D eigenvalue weighted by atomic mass is 16.7. The minimum atomic E-state index is -0.0211. The summed E-state index contributed by atoms with van der Waals surface area (Å²) >= 11 is 0. The van der Waals surface area contributed by atoms with Crippen molar-refractivity contribution in [2.45, 2.75) is 18.6 Å². The number of hydrogen-bond donors (Lipinski definition) is 0. The van der Waals surface area contributed by atoms with E-state index < -0.39 is 0 Å². The Morgan fingerprint density at radius 2 is 1.62 bits per heavy atom. The Morgan fingerprint density at radius 1 is 0.828 bits per heavy atom. The Hall–Kier alpha value is -2.89. The van der Waals surface area contributed by atoms with Crippen LogP contribution in [0.3, 0.4) is 0 Å². The maximum absolute atomic E-state index is 6.55. The van der Waals surface area contributed by atoms with Crippen LogP contribution < -0.4 is 9.47 Å². The molecule has 5 rings (SSSR count). The fourth-order valence-corrected chi connectivity index (χ4v) is 3.98. The molecule has 0 aliphatic carbocycles. The molecule has 2 aliphatic rings.